The molecule has 2 aliphatic carbocycles. The lowest BCUT2D eigenvalue weighted by atomic mass is 9.72. The predicted molar refractivity (Wildman–Crippen MR) is 129 cm³/mol. The number of benzene rings is 2. The van der Waals surface area contributed by atoms with E-state index in [1.165, 1.54) is 12.8 Å². The molecule has 1 amide bonds. The summed E-state index contributed by atoms with van der Waals surface area (Å²) in [6.07, 6.45) is 9.59. The van der Waals surface area contributed by atoms with Crippen LogP contribution in [0.25, 0.3) is 0 Å². The molecular weight excluding hydrogens is 430 g/mol. The summed E-state index contributed by atoms with van der Waals surface area (Å²) in [6.45, 7) is -0.0718. The molecule has 1 unspecified atom stereocenters. The second-order valence-corrected chi connectivity index (χ2v) is 9.92. The predicted octanol–water partition coefficient (Wildman–Crippen LogP) is 5.00. The molecule has 0 saturated heterocycles. The zero-order valence-electron chi connectivity index (χ0n) is 20.0. The minimum absolute atomic E-state index is 0.00490. The standard InChI is InChI=1S/C28H35NO5/c1-32-24-12-4-7-19(27(24)33-21-9-2-3-10-21)13-14-25(31)29-22-17-28(15-6-16-28)34-23-11-5-8-20(18-30)26(22)23/h4-5,7-8,11-12,21-22,30H,2-3,6,9-10,13-18H2,1H3,(H,29,31). The van der Waals surface area contributed by atoms with Crippen molar-refractivity contribution in [3.8, 4) is 17.2 Å². The van der Waals surface area contributed by atoms with E-state index in [4.69, 9.17) is 14.2 Å². The number of carbonyl (C=O) groups is 1. The van der Waals surface area contributed by atoms with Gasteiger partial charge in [-0.05, 0) is 74.6 Å². The third-order valence-corrected chi connectivity index (χ3v) is 7.67. The van der Waals surface area contributed by atoms with Gasteiger partial charge in [-0.15, -0.1) is 0 Å². The summed E-state index contributed by atoms with van der Waals surface area (Å²) in [4.78, 5) is 13.1. The van der Waals surface area contributed by atoms with Crippen LogP contribution in [0.15, 0.2) is 36.4 Å². The van der Waals surface area contributed by atoms with Crippen LogP contribution in [0.4, 0.5) is 0 Å². The summed E-state index contributed by atoms with van der Waals surface area (Å²) in [6, 6.07) is 11.5. The molecule has 1 aliphatic heterocycles. The van der Waals surface area contributed by atoms with E-state index in [9.17, 15) is 9.90 Å². The van der Waals surface area contributed by atoms with E-state index in [-0.39, 0.29) is 30.3 Å². The fourth-order valence-electron chi connectivity index (χ4n) is 5.70. The van der Waals surface area contributed by atoms with Crippen molar-refractivity contribution in [2.24, 2.45) is 0 Å². The normalized spacial score (nSPS) is 20.8. The Balaban J connectivity index is 1.30. The lowest BCUT2D eigenvalue weighted by molar-refractivity contribution is -0.123. The van der Waals surface area contributed by atoms with Crippen LogP contribution in [0.3, 0.4) is 0 Å². The highest BCUT2D eigenvalue weighted by Crippen LogP contribution is 2.49. The summed E-state index contributed by atoms with van der Waals surface area (Å²) < 4.78 is 18.3. The highest BCUT2D eigenvalue weighted by Gasteiger charge is 2.46. The van der Waals surface area contributed by atoms with Crippen LogP contribution in [-0.2, 0) is 17.8 Å². The van der Waals surface area contributed by atoms with Crippen molar-refractivity contribution >= 4 is 5.91 Å². The molecular formula is C28H35NO5. The number of aliphatic hydroxyl groups is 1. The van der Waals surface area contributed by atoms with E-state index in [2.05, 4.69) is 5.32 Å². The lowest BCUT2D eigenvalue weighted by Gasteiger charge is -2.48. The van der Waals surface area contributed by atoms with Crippen molar-refractivity contribution in [2.75, 3.05) is 7.11 Å². The van der Waals surface area contributed by atoms with Gasteiger partial charge < -0.3 is 24.6 Å². The van der Waals surface area contributed by atoms with E-state index < -0.39 is 0 Å². The Hall–Kier alpha value is -2.73. The Morgan fingerprint density at radius 1 is 1.12 bits per heavy atom. The molecule has 5 rings (SSSR count). The van der Waals surface area contributed by atoms with Crippen molar-refractivity contribution in [3.63, 3.8) is 0 Å². The Bertz CT molecular complexity index is 1030. The maximum absolute atomic E-state index is 13.1. The van der Waals surface area contributed by atoms with Crippen LogP contribution in [-0.4, -0.2) is 29.8 Å². The van der Waals surface area contributed by atoms with Gasteiger partial charge in [0.2, 0.25) is 5.91 Å². The summed E-state index contributed by atoms with van der Waals surface area (Å²) in [5.41, 5.74) is 2.55. The Labute approximate surface area is 201 Å². The number of hydrogen-bond acceptors (Lipinski definition) is 5. The summed E-state index contributed by atoms with van der Waals surface area (Å²) in [5, 5.41) is 13.2. The molecule has 1 spiro atoms. The number of aryl methyl sites for hydroxylation is 1. The number of nitrogens with one attached hydrogen (secondary N) is 1. The fourth-order valence-corrected chi connectivity index (χ4v) is 5.70. The van der Waals surface area contributed by atoms with Gasteiger partial charge in [-0.3, -0.25) is 4.79 Å². The topological polar surface area (TPSA) is 77.0 Å². The highest BCUT2D eigenvalue weighted by atomic mass is 16.5. The largest absolute Gasteiger partial charge is 0.493 e. The molecule has 0 bridgehead atoms. The van der Waals surface area contributed by atoms with Crippen LogP contribution in [0.1, 0.15) is 80.5 Å². The van der Waals surface area contributed by atoms with E-state index in [1.807, 2.05) is 36.4 Å². The third-order valence-electron chi connectivity index (χ3n) is 7.67. The van der Waals surface area contributed by atoms with Crippen molar-refractivity contribution in [3.05, 3.63) is 53.1 Å². The zero-order valence-corrected chi connectivity index (χ0v) is 20.0. The molecule has 2 N–H and O–H groups in total. The lowest BCUT2D eigenvalue weighted by Crippen LogP contribution is -2.50. The van der Waals surface area contributed by atoms with Crippen LogP contribution >= 0.6 is 0 Å². The second kappa shape index (κ2) is 9.87. The third kappa shape index (κ3) is 4.61. The van der Waals surface area contributed by atoms with Gasteiger partial charge in [0.05, 0.1) is 25.9 Å². The van der Waals surface area contributed by atoms with Crippen LogP contribution in [0, 0.1) is 0 Å². The molecule has 2 fully saturated rings. The first-order valence-electron chi connectivity index (χ1n) is 12.6. The molecule has 2 aromatic rings. The SMILES string of the molecule is COc1cccc(CCC(=O)NC2CC3(CCC3)Oc3cccc(CO)c32)c1OC1CCCC1. The van der Waals surface area contributed by atoms with E-state index in [1.54, 1.807) is 7.11 Å². The number of fused-ring (bicyclic) bond motifs is 1. The molecule has 1 heterocycles. The van der Waals surface area contributed by atoms with Crippen LogP contribution in [0.2, 0.25) is 0 Å². The van der Waals surface area contributed by atoms with Crippen molar-refractivity contribution in [2.45, 2.75) is 88.6 Å². The fraction of sp³-hybridized carbons (Fsp3) is 0.536. The molecule has 2 aromatic carbocycles. The molecule has 1 atom stereocenters. The minimum atomic E-state index is -0.186. The summed E-state index contributed by atoms with van der Waals surface area (Å²) >= 11 is 0. The molecule has 3 aliphatic rings. The Morgan fingerprint density at radius 2 is 1.88 bits per heavy atom. The number of hydrogen-bond donors (Lipinski definition) is 2. The second-order valence-electron chi connectivity index (χ2n) is 9.92. The molecule has 34 heavy (non-hydrogen) atoms. The monoisotopic (exact) mass is 465 g/mol. The van der Waals surface area contributed by atoms with Gasteiger partial charge in [-0.25, -0.2) is 0 Å². The van der Waals surface area contributed by atoms with Crippen molar-refractivity contribution in [1.82, 2.24) is 5.32 Å². The van der Waals surface area contributed by atoms with Gasteiger partial charge >= 0.3 is 0 Å². The number of methoxy groups -OCH3 is 1. The molecule has 6 heteroatoms. The number of para-hydroxylation sites is 1. The zero-order chi connectivity index (χ0) is 23.5. The minimum Gasteiger partial charge on any atom is -0.493 e. The maximum Gasteiger partial charge on any atom is 0.220 e. The maximum atomic E-state index is 13.1. The first kappa shape index (κ1) is 23.0. The van der Waals surface area contributed by atoms with Crippen LogP contribution < -0.4 is 19.5 Å². The number of ether oxygens (including phenoxy) is 3. The number of aliphatic hydroxyl groups excluding tert-OH is 1. The first-order valence-corrected chi connectivity index (χ1v) is 12.6. The van der Waals surface area contributed by atoms with Gasteiger partial charge in [0, 0.05) is 18.4 Å². The van der Waals surface area contributed by atoms with Crippen molar-refractivity contribution in [1.29, 1.82) is 0 Å². The molecule has 6 nitrogen and oxygen atoms in total. The average molecular weight is 466 g/mol. The summed E-state index contributed by atoms with van der Waals surface area (Å²) in [7, 11) is 1.66. The van der Waals surface area contributed by atoms with E-state index >= 15 is 0 Å². The molecule has 2 saturated carbocycles. The molecule has 182 valence electrons. The average Bonchev–Trinajstić information content (AvgIpc) is 3.35. The van der Waals surface area contributed by atoms with Gasteiger partial charge in [0.25, 0.3) is 0 Å². The van der Waals surface area contributed by atoms with Crippen molar-refractivity contribution < 1.29 is 24.1 Å². The number of carbonyl (C=O) groups excluding carboxylic acids is 1. The van der Waals surface area contributed by atoms with E-state index in [0.717, 1.165) is 72.5 Å². The smallest absolute Gasteiger partial charge is 0.220 e. The van der Waals surface area contributed by atoms with Crippen LogP contribution in [0.5, 0.6) is 17.2 Å². The highest BCUT2D eigenvalue weighted by molar-refractivity contribution is 5.77. The molecule has 0 aromatic heterocycles. The van der Waals surface area contributed by atoms with E-state index in [0.29, 0.717) is 12.8 Å². The van der Waals surface area contributed by atoms with Gasteiger partial charge in [0.15, 0.2) is 11.5 Å². The molecule has 0 radical (unpaired) electrons. The Kier molecular flexibility index (Phi) is 6.68. The number of amides is 1. The number of rotatable bonds is 8. The quantitative estimate of drug-likeness (QED) is 0.573. The first-order chi connectivity index (χ1) is 16.6. The Morgan fingerprint density at radius 3 is 2.59 bits per heavy atom. The summed E-state index contributed by atoms with van der Waals surface area (Å²) in [5.74, 6) is 2.29. The van der Waals surface area contributed by atoms with Gasteiger partial charge in [0.1, 0.15) is 11.4 Å². The van der Waals surface area contributed by atoms with Gasteiger partial charge in [-0.2, -0.15) is 0 Å². The van der Waals surface area contributed by atoms with Gasteiger partial charge in [-0.1, -0.05) is 24.3 Å².